The molecule has 1 aliphatic rings. The summed E-state index contributed by atoms with van der Waals surface area (Å²) in [6.45, 7) is 3.53. The van der Waals surface area contributed by atoms with Gasteiger partial charge in [-0.1, -0.05) is 38.1 Å². The highest BCUT2D eigenvalue weighted by Gasteiger charge is 2.52. The van der Waals surface area contributed by atoms with Crippen LogP contribution in [0.25, 0.3) is 0 Å². The number of carbonyl (C=O) groups is 2. The van der Waals surface area contributed by atoms with Crippen LogP contribution in [0.3, 0.4) is 0 Å². The molecule has 38 heavy (non-hydrogen) atoms. The van der Waals surface area contributed by atoms with Gasteiger partial charge in [0.1, 0.15) is 23.7 Å². The van der Waals surface area contributed by atoms with E-state index in [1.54, 1.807) is 29.2 Å². The molecule has 0 N–H and O–H groups in total. The summed E-state index contributed by atoms with van der Waals surface area (Å²) in [5, 5.41) is 0.601. The van der Waals surface area contributed by atoms with Crippen LogP contribution in [-0.2, 0) is 40.0 Å². The first-order valence-electron chi connectivity index (χ1n) is 12.0. The second-order valence-electron chi connectivity index (χ2n) is 9.39. The quantitative estimate of drug-likeness (QED) is 0.223. The molecular formula is C26H33FN2O8S. The highest BCUT2D eigenvalue weighted by Crippen LogP contribution is 2.36. The summed E-state index contributed by atoms with van der Waals surface area (Å²) < 4.78 is 54.6. The van der Waals surface area contributed by atoms with Crippen molar-refractivity contribution in [2.24, 2.45) is 5.92 Å². The fourth-order valence-electron chi connectivity index (χ4n) is 4.37. The van der Waals surface area contributed by atoms with E-state index in [9.17, 15) is 22.4 Å². The molecule has 0 radical (unpaired) electrons. The van der Waals surface area contributed by atoms with Gasteiger partial charge in [-0.15, -0.1) is 5.06 Å². The lowest BCUT2D eigenvalue weighted by atomic mass is 9.91. The van der Waals surface area contributed by atoms with Crippen LogP contribution in [0.5, 0.6) is 5.75 Å². The summed E-state index contributed by atoms with van der Waals surface area (Å²) in [4.78, 5) is 34.4. The molecular weight excluding hydrogens is 519 g/mol. The number of amides is 2. The first kappa shape index (κ1) is 29.7. The molecule has 2 aromatic rings. The molecule has 1 saturated heterocycles. The van der Waals surface area contributed by atoms with Crippen molar-refractivity contribution < 1.29 is 40.9 Å². The van der Waals surface area contributed by atoms with E-state index >= 15 is 0 Å². The molecule has 2 aromatic carbocycles. The molecule has 0 aliphatic carbocycles. The van der Waals surface area contributed by atoms with Crippen molar-refractivity contribution in [3.8, 4) is 5.75 Å². The van der Waals surface area contributed by atoms with E-state index in [1.807, 2.05) is 13.8 Å². The minimum absolute atomic E-state index is 0.0175. The van der Waals surface area contributed by atoms with Crippen LogP contribution in [-0.4, -0.2) is 69.5 Å². The van der Waals surface area contributed by atoms with E-state index in [1.165, 1.54) is 32.4 Å². The molecule has 0 bridgehead atoms. The van der Waals surface area contributed by atoms with Gasteiger partial charge in [0.25, 0.3) is 21.9 Å². The van der Waals surface area contributed by atoms with Gasteiger partial charge in [-0.25, -0.2) is 9.23 Å². The van der Waals surface area contributed by atoms with E-state index in [-0.39, 0.29) is 18.0 Å². The third-order valence-corrected chi connectivity index (χ3v) is 6.51. The van der Waals surface area contributed by atoms with Crippen LogP contribution in [0.2, 0.25) is 0 Å². The van der Waals surface area contributed by atoms with E-state index in [0.29, 0.717) is 17.2 Å². The molecule has 12 heteroatoms. The minimum atomic E-state index is -4.14. The molecule has 0 aromatic heterocycles. The Morgan fingerprint density at radius 1 is 1.03 bits per heavy atom. The van der Waals surface area contributed by atoms with Crippen molar-refractivity contribution in [3.05, 3.63) is 65.5 Å². The van der Waals surface area contributed by atoms with Crippen LogP contribution in [0.4, 0.5) is 4.39 Å². The zero-order valence-electron chi connectivity index (χ0n) is 22.0. The Bertz CT molecular complexity index is 1220. The lowest BCUT2D eigenvalue weighted by Crippen LogP contribution is -2.66. The van der Waals surface area contributed by atoms with Gasteiger partial charge in [0.05, 0.1) is 19.4 Å². The molecule has 3 rings (SSSR count). The topological polar surface area (TPSA) is 112 Å². The monoisotopic (exact) mass is 552 g/mol. The van der Waals surface area contributed by atoms with Crippen LogP contribution >= 0.6 is 0 Å². The summed E-state index contributed by atoms with van der Waals surface area (Å²) in [5.74, 6) is -1.49. The number of rotatable bonds is 12. The summed E-state index contributed by atoms with van der Waals surface area (Å²) in [7, 11) is -1.27. The maximum Gasteiger partial charge on any atom is 0.274 e. The first-order valence-corrected chi connectivity index (χ1v) is 13.8. The third kappa shape index (κ3) is 7.35. The summed E-state index contributed by atoms with van der Waals surface area (Å²) in [5.41, 5.74) is 0.839. The van der Waals surface area contributed by atoms with E-state index < -0.39 is 52.7 Å². The molecule has 1 heterocycles. The predicted octanol–water partition coefficient (Wildman–Crippen LogP) is 3.04. The normalized spacial score (nSPS) is 19.7. The number of benzene rings is 2. The molecule has 0 spiro atoms. The van der Waals surface area contributed by atoms with Gasteiger partial charge in [0.15, 0.2) is 6.79 Å². The highest BCUT2D eigenvalue weighted by molar-refractivity contribution is 7.86. The molecule has 3 atom stereocenters. The standard InChI is InChI=1S/C26H33FN2O8S/c1-17(2)13-22-25(30)29(36-16-34-3)26(31)23(28(22)15-18-9-11-21(35-4)12-10-18)24(37-38(5,32)33)19-7-6-8-20(27)14-19/h6-12,14,17,22-24H,13,15-16H2,1-5H3. The van der Waals surface area contributed by atoms with Crippen molar-refractivity contribution in [1.29, 1.82) is 0 Å². The number of hydrogen-bond acceptors (Lipinski definition) is 9. The Balaban J connectivity index is 2.19. The average molecular weight is 553 g/mol. The van der Waals surface area contributed by atoms with E-state index in [0.717, 1.165) is 17.9 Å². The minimum Gasteiger partial charge on any atom is -0.497 e. The number of nitrogens with zero attached hydrogens (tertiary/aromatic N) is 2. The zero-order chi connectivity index (χ0) is 28.0. The second kappa shape index (κ2) is 12.8. The smallest absolute Gasteiger partial charge is 0.274 e. The SMILES string of the molecule is COCON1C(=O)C(CC(C)C)N(Cc2ccc(OC)cc2)C(C(OS(C)(=O)=O)c2cccc(F)c2)C1=O. The fraction of sp³-hybridized carbons (Fsp3) is 0.462. The van der Waals surface area contributed by atoms with Crippen LogP contribution in [0.1, 0.15) is 37.5 Å². The fourth-order valence-corrected chi connectivity index (χ4v) is 4.97. The van der Waals surface area contributed by atoms with E-state index in [2.05, 4.69) is 0 Å². The van der Waals surface area contributed by atoms with Crippen molar-refractivity contribution in [1.82, 2.24) is 9.96 Å². The van der Waals surface area contributed by atoms with Gasteiger partial charge in [0.2, 0.25) is 0 Å². The molecule has 1 fully saturated rings. The van der Waals surface area contributed by atoms with Crippen molar-refractivity contribution in [3.63, 3.8) is 0 Å². The highest BCUT2D eigenvalue weighted by atomic mass is 32.2. The Hall–Kier alpha value is -2.90. The number of ether oxygens (including phenoxy) is 2. The van der Waals surface area contributed by atoms with Gasteiger partial charge in [-0.05, 0) is 47.7 Å². The van der Waals surface area contributed by atoms with Crippen LogP contribution in [0.15, 0.2) is 48.5 Å². The molecule has 10 nitrogen and oxygen atoms in total. The number of halogens is 1. The van der Waals surface area contributed by atoms with Gasteiger partial charge in [0, 0.05) is 13.7 Å². The molecule has 208 valence electrons. The van der Waals surface area contributed by atoms with Gasteiger partial charge >= 0.3 is 0 Å². The Morgan fingerprint density at radius 2 is 1.71 bits per heavy atom. The molecule has 2 amide bonds. The lowest BCUT2D eigenvalue weighted by Gasteiger charge is -2.46. The number of carbonyl (C=O) groups excluding carboxylic acids is 2. The average Bonchev–Trinajstić information content (AvgIpc) is 2.85. The number of imide groups is 1. The Morgan fingerprint density at radius 3 is 2.26 bits per heavy atom. The first-order chi connectivity index (χ1) is 17.9. The van der Waals surface area contributed by atoms with E-state index in [4.69, 9.17) is 18.5 Å². The summed E-state index contributed by atoms with van der Waals surface area (Å²) in [6.07, 6.45) is -0.320. The zero-order valence-corrected chi connectivity index (χ0v) is 22.8. The number of hydroxylamine groups is 2. The molecule has 0 saturated carbocycles. The number of piperazine rings is 1. The second-order valence-corrected chi connectivity index (χ2v) is 11.0. The molecule has 3 unspecified atom stereocenters. The molecule has 1 aliphatic heterocycles. The maximum atomic E-state index is 14.3. The maximum absolute atomic E-state index is 14.3. The number of methoxy groups -OCH3 is 2. The van der Waals surface area contributed by atoms with Crippen LogP contribution < -0.4 is 4.74 Å². The Kier molecular flexibility index (Phi) is 9.96. The van der Waals surface area contributed by atoms with Gasteiger partial charge in [-0.2, -0.15) is 8.42 Å². The Labute approximate surface area is 222 Å². The van der Waals surface area contributed by atoms with Crippen LogP contribution in [0, 0.1) is 11.7 Å². The summed E-state index contributed by atoms with van der Waals surface area (Å²) in [6, 6.07) is 9.91. The summed E-state index contributed by atoms with van der Waals surface area (Å²) >= 11 is 0. The van der Waals surface area contributed by atoms with Crippen molar-refractivity contribution in [2.75, 3.05) is 27.3 Å². The van der Waals surface area contributed by atoms with Crippen molar-refractivity contribution >= 4 is 21.9 Å². The lowest BCUT2D eigenvalue weighted by molar-refractivity contribution is -0.237. The largest absolute Gasteiger partial charge is 0.497 e. The van der Waals surface area contributed by atoms with Gasteiger partial charge < -0.3 is 9.47 Å². The number of hydrogen-bond donors (Lipinski definition) is 0. The predicted molar refractivity (Wildman–Crippen MR) is 135 cm³/mol. The van der Waals surface area contributed by atoms with Gasteiger partial charge in [-0.3, -0.25) is 18.7 Å². The van der Waals surface area contributed by atoms with Crippen molar-refractivity contribution in [2.45, 2.75) is 45.0 Å². The third-order valence-electron chi connectivity index (χ3n) is 5.96.